The average Bonchev–Trinajstić information content (AvgIpc) is 2.98. The lowest BCUT2D eigenvalue weighted by Gasteiger charge is -2.17. The predicted octanol–water partition coefficient (Wildman–Crippen LogP) is 14.2. The van der Waals surface area contributed by atoms with Crippen molar-refractivity contribution >= 4 is 5.97 Å². The summed E-state index contributed by atoms with van der Waals surface area (Å²) >= 11 is 0. The van der Waals surface area contributed by atoms with Gasteiger partial charge in [-0.15, -0.1) is 0 Å². The minimum absolute atomic E-state index is 0.305. The standard InChI is InChI=1S/C37H69F5O2/c1-2-3-4-5-6-7-8-9-10-11-12-13-14-15-16-17-18-19-20-21-22-23-24-25-26-27-28-29-30-31-32-33-34-44-35(43)36(38,39)37(40,41)42/h2-34H2,1H3. The smallest absolute Gasteiger partial charge is 0.461 e. The van der Waals surface area contributed by atoms with Crippen molar-refractivity contribution in [3.8, 4) is 0 Å². The first kappa shape index (κ1) is 43.1. The van der Waals surface area contributed by atoms with Crippen molar-refractivity contribution < 1.29 is 31.5 Å². The quantitative estimate of drug-likeness (QED) is 0.0397. The van der Waals surface area contributed by atoms with Crippen molar-refractivity contribution in [2.75, 3.05) is 6.61 Å². The minimum Gasteiger partial charge on any atom is -0.461 e. The third kappa shape index (κ3) is 27.4. The summed E-state index contributed by atoms with van der Waals surface area (Å²) in [5.74, 6) is -7.94. The van der Waals surface area contributed by atoms with Crippen molar-refractivity contribution in [2.24, 2.45) is 0 Å². The van der Waals surface area contributed by atoms with Crippen molar-refractivity contribution in [3.63, 3.8) is 0 Å². The molecule has 0 heterocycles. The number of hydrogen-bond donors (Lipinski definition) is 0. The Hall–Kier alpha value is -0.880. The maximum Gasteiger partial charge on any atom is 0.465 e. The molecular formula is C37H69F5O2. The van der Waals surface area contributed by atoms with E-state index in [1.165, 1.54) is 173 Å². The van der Waals surface area contributed by atoms with Crippen molar-refractivity contribution in [2.45, 2.75) is 224 Å². The number of alkyl halides is 5. The Morgan fingerprint density at radius 2 is 0.591 bits per heavy atom. The van der Waals surface area contributed by atoms with E-state index in [1.807, 2.05) is 0 Å². The second-order valence-corrected chi connectivity index (χ2v) is 13.2. The van der Waals surface area contributed by atoms with Gasteiger partial charge in [-0.25, -0.2) is 4.79 Å². The molecule has 0 saturated heterocycles. The van der Waals surface area contributed by atoms with E-state index in [1.54, 1.807) is 0 Å². The maximum atomic E-state index is 12.8. The zero-order chi connectivity index (χ0) is 32.6. The van der Waals surface area contributed by atoms with Gasteiger partial charge < -0.3 is 4.74 Å². The molecule has 0 unspecified atom stereocenters. The van der Waals surface area contributed by atoms with Gasteiger partial charge in [0.1, 0.15) is 0 Å². The fraction of sp³-hybridized carbons (Fsp3) is 0.973. The van der Waals surface area contributed by atoms with E-state index in [2.05, 4.69) is 11.7 Å². The number of carbonyl (C=O) groups is 1. The third-order valence-corrected chi connectivity index (χ3v) is 8.84. The first-order chi connectivity index (χ1) is 21.2. The van der Waals surface area contributed by atoms with E-state index in [4.69, 9.17) is 0 Å². The van der Waals surface area contributed by atoms with Gasteiger partial charge in [-0.3, -0.25) is 0 Å². The highest BCUT2D eigenvalue weighted by Gasteiger charge is 2.64. The van der Waals surface area contributed by atoms with E-state index >= 15 is 0 Å². The Morgan fingerprint density at radius 1 is 0.386 bits per heavy atom. The predicted molar refractivity (Wildman–Crippen MR) is 175 cm³/mol. The number of ether oxygens (including phenoxy) is 1. The zero-order valence-corrected chi connectivity index (χ0v) is 28.5. The van der Waals surface area contributed by atoms with Gasteiger partial charge in [-0.05, 0) is 6.42 Å². The Bertz CT molecular complexity index is 609. The van der Waals surface area contributed by atoms with Crippen molar-refractivity contribution in [1.29, 1.82) is 0 Å². The maximum absolute atomic E-state index is 12.8. The second kappa shape index (κ2) is 30.8. The lowest BCUT2D eigenvalue weighted by Crippen LogP contribution is -2.45. The van der Waals surface area contributed by atoms with Crippen LogP contribution in [0.3, 0.4) is 0 Å². The van der Waals surface area contributed by atoms with Gasteiger partial charge in [-0.2, -0.15) is 22.0 Å². The lowest BCUT2D eigenvalue weighted by atomic mass is 10.0. The molecule has 44 heavy (non-hydrogen) atoms. The topological polar surface area (TPSA) is 26.3 Å². The number of unbranched alkanes of at least 4 members (excludes halogenated alkanes) is 31. The summed E-state index contributed by atoms with van der Waals surface area (Å²) in [5, 5.41) is 0. The third-order valence-electron chi connectivity index (χ3n) is 8.84. The molecule has 7 heteroatoms. The molecule has 0 N–H and O–H groups in total. The number of hydrogen-bond acceptors (Lipinski definition) is 2. The van der Waals surface area contributed by atoms with E-state index in [9.17, 15) is 26.7 Å². The van der Waals surface area contributed by atoms with Crippen molar-refractivity contribution in [3.05, 3.63) is 0 Å². The molecule has 0 aromatic rings. The number of carbonyl (C=O) groups excluding carboxylic acids is 1. The summed E-state index contributed by atoms with van der Waals surface area (Å²) in [4.78, 5) is 10.9. The molecule has 0 spiro atoms. The van der Waals surface area contributed by atoms with Crippen LogP contribution in [-0.2, 0) is 9.53 Å². The van der Waals surface area contributed by atoms with E-state index in [-0.39, 0.29) is 0 Å². The van der Waals surface area contributed by atoms with Crippen LogP contribution in [0.4, 0.5) is 22.0 Å². The van der Waals surface area contributed by atoms with Gasteiger partial charge in [0.25, 0.3) is 0 Å². The molecule has 0 fully saturated rings. The van der Waals surface area contributed by atoms with Crippen LogP contribution in [0.5, 0.6) is 0 Å². The van der Waals surface area contributed by atoms with Crippen LogP contribution in [0.1, 0.15) is 212 Å². The average molecular weight is 641 g/mol. The summed E-state index contributed by atoms with van der Waals surface area (Å²) in [6.45, 7) is 1.89. The Labute approximate surface area is 268 Å². The Morgan fingerprint density at radius 3 is 0.795 bits per heavy atom. The summed E-state index contributed by atoms with van der Waals surface area (Å²) in [6, 6.07) is 0. The molecule has 0 aromatic heterocycles. The fourth-order valence-corrected chi connectivity index (χ4v) is 5.85. The van der Waals surface area contributed by atoms with Crippen LogP contribution in [0.25, 0.3) is 0 Å². The molecule has 0 rings (SSSR count). The highest BCUT2D eigenvalue weighted by Crippen LogP contribution is 2.36. The number of esters is 1. The first-order valence-corrected chi connectivity index (χ1v) is 18.8. The normalized spacial score (nSPS) is 12.2. The van der Waals surface area contributed by atoms with Gasteiger partial charge in [0.05, 0.1) is 6.61 Å². The van der Waals surface area contributed by atoms with Gasteiger partial charge in [0, 0.05) is 0 Å². The summed E-state index contributed by atoms with van der Waals surface area (Å²) in [5.41, 5.74) is 0. The van der Waals surface area contributed by atoms with Crippen LogP contribution >= 0.6 is 0 Å². The highest BCUT2D eigenvalue weighted by atomic mass is 19.4. The zero-order valence-electron chi connectivity index (χ0n) is 28.5. The molecule has 0 radical (unpaired) electrons. The monoisotopic (exact) mass is 641 g/mol. The highest BCUT2D eigenvalue weighted by molar-refractivity contribution is 5.78. The Balaban J connectivity index is 3.17. The molecule has 0 bridgehead atoms. The molecule has 0 atom stereocenters. The van der Waals surface area contributed by atoms with E-state index < -0.39 is 24.7 Å². The molecule has 0 aliphatic carbocycles. The first-order valence-electron chi connectivity index (χ1n) is 18.8. The van der Waals surface area contributed by atoms with Gasteiger partial charge >= 0.3 is 18.1 Å². The molecule has 0 aliphatic rings. The van der Waals surface area contributed by atoms with Gasteiger partial charge in [0.2, 0.25) is 0 Å². The number of halogens is 5. The lowest BCUT2D eigenvalue weighted by molar-refractivity contribution is -0.280. The molecule has 2 nitrogen and oxygen atoms in total. The summed E-state index contributed by atoms with van der Waals surface area (Å²) in [6.07, 6.45) is 35.5. The van der Waals surface area contributed by atoms with E-state index in [0.29, 0.717) is 12.8 Å². The van der Waals surface area contributed by atoms with Crippen LogP contribution < -0.4 is 0 Å². The van der Waals surface area contributed by atoms with Gasteiger partial charge in [-0.1, -0.05) is 206 Å². The minimum atomic E-state index is -5.91. The Kier molecular flexibility index (Phi) is 30.1. The van der Waals surface area contributed by atoms with Crippen LogP contribution in [0, 0.1) is 0 Å². The van der Waals surface area contributed by atoms with Gasteiger partial charge in [0.15, 0.2) is 0 Å². The molecular weight excluding hydrogens is 571 g/mol. The van der Waals surface area contributed by atoms with Crippen LogP contribution in [-0.4, -0.2) is 24.7 Å². The molecule has 264 valence electrons. The second-order valence-electron chi connectivity index (χ2n) is 13.2. The largest absolute Gasteiger partial charge is 0.465 e. The van der Waals surface area contributed by atoms with E-state index in [0.717, 1.165) is 19.3 Å². The molecule has 0 saturated carbocycles. The molecule has 0 amide bonds. The van der Waals surface area contributed by atoms with Crippen LogP contribution in [0.15, 0.2) is 0 Å². The SMILES string of the molecule is CCCCCCCCCCCCCCCCCCCCCCCCCCCCCCCCCCOC(=O)C(F)(F)C(F)(F)F. The van der Waals surface area contributed by atoms with Crippen LogP contribution in [0.2, 0.25) is 0 Å². The van der Waals surface area contributed by atoms with Crippen molar-refractivity contribution in [1.82, 2.24) is 0 Å². The molecule has 0 aromatic carbocycles. The fourth-order valence-electron chi connectivity index (χ4n) is 5.85. The summed E-state index contributed by atoms with van der Waals surface area (Å²) in [7, 11) is 0. The number of rotatable bonds is 34. The molecule has 0 aliphatic heterocycles. The summed E-state index contributed by atoms with van der Waals surface area (Å²) < 4.78 is 65.8.